The molecule has 0 aliphatic carbocycles. The molecule has 9 heteroatoms. The number of hydrogen-bond acceptors (Lipinski definition) is 5. The van der Waals surface area contributed by atoms with E-state index in [2.05, 4.69) is 10.3 Å². The maximum Gasteiger partial charge on any atom is 0.268 e. The summed E-state index contributed by atoms with van der Waals surface area (Å²) in [6.45, 7) is 0.482. The first-order chi connectivity index (χ1) is 15.3. The number of aromatic nitrogens is 2. The molecule has 6 nitrogen and oxygen atoms in total. The maximum atomic E-state index is 13.7. The molecule has 2 heterocycles. The fourth-order valence-corrected chi connectivity index (χ4v) is 5.23. The maximum absolute atomic E-state index is 13.7. The molecule has 0 aliphatic heterocycles. The van der Waals surface area contributed by atoms with Gasteiger partial charge >= 0.3 is 0 Å². The van der Waals surface area contributed by atoms with Crippen LogP contribution in [0.2, 0.25) is 5.15 Å². The van der Waals surface area contributed by atoms with Gasteiger partial charge in [0.25, 0.3) is 10.0 Å². The molecule has 2 aromatic carbocycles. The van der Waals surface area contributed by atoms with Crippen LogP contribution >= 0.6 is 11.6 Å². The minimum atomic E-state index is -4.00. The Morgan fingerprint density at radius 1 is 1.12 bits per heavy atom. The van der Waals surface area contributed by atoms with Crippen molar-refractivity contribution >= 4 is 32.5 Å². The van der Waals surface area contributed by atoms with Crippen molar-refractivity contribution in [3.05, 3.63) is 88.5 Å². The fourth-order valence-electron chi connectivity index (χ4n) is 3.60. The van der Waals surface area contributed by atoms with Crippen LogP contribution < -0.4 is 10.1 Å². The third kappa shape index (κ3) is 4.21. The van der Waals surface area contributed by atoms with Crippen molar-refractivity contribution in [1.82, 2.24) is 14.3 Å². The Morgan fingerprint density at radius 2 is 1.94 bits per heavy atom. The lowest BCUT2D eigenvalue weighted by Gasteiger charge is -2.10. The highest BCUT2D eigenvalue weighted by Crippen LogP contribution is 2.29. The summed E-state index contributed by atoms with van der Waals surface area (Å²) in [4.78, 5) is 4.07. The van der Waals surface area contributed by atoms with Crippen molar-refractivity contribution in [2.24, 2.45) is 0 Å². The molecule has 4 aromatic rings. The van der Waals surface area contributed by atoms with Gasteiger partial charge in [-0.1, -0.05) is 35.9 Å². The zero-order valence-corrected chi connectivity index (χ0v) is 19.0. The van der Waals surface area contributed by atoms with E-state index < -0.39 is 15.8 Å². The van der Waals surface area contributed by atoms with Crippen LogP contribution in [0.4, 0.5) is 4.39 Å². The van der Waals surface area contributed by atoms with E-state index in [0.717, 1.165) is 28.1 Å². The molecule has 0 fully saturated rings. The van der Waals surface area contributed by atoms with E-state index in [4.69, 9.17) is 16.3 Å². The van der Waals surface area contributed by atoms with Crippen LogP contribution in [0, 0.1) is 5.82 Å². The second-order valence-electron chi connectivity index (χ2n) is 7.27. The van der Waals surface area contributed by atoms with Crippen molar-refractivity contribution in [3.63, 3.8) is 0 Å². The van der Waals surface area contributed by atoms with Crippen LogP contribution in [0.3, 0.4) is 0 Å². The molecular formula is C23H21ClFN3O3S. The smallest absolute Gasteiger partial charge is 0.268 e. The molecule has 0 amide bonds. The first-order valence-corrected chi connectivity index (χ1v) is 11.6. The number of rotatable bonds is 7. The number of methoxy groups -OCH3 is 1. The van der Waals surface area contributed by atoms with Crippen molar-refractivity contribution < 1.29 is 17.5 Å². The van der Waals surface area contributed by atoms with Gasteiger partial charge in [0.15, 0.2) is 0 Å². The Bertz CT molecular complexity index is 1400. The molecule has 0 atom stereocenters. The number of hydrogen-bond donors (Lipinski definition) is 1. The molecule has 166 valence electrons. The lowest BCUT2D eigenvalue weighted by molar-refractivity contribution is 0.397. The van der Waals surface area contributed by atoms with Gasteiger partial charge in [-0.25, -0.2) is 21.8 Å². The quantitative estimate of drug-likeness (QED) is 0.403. The van der Waals surface area contributed by atoms with Gasteiger partial charge in [0, 0.05) is 30.6 Å². The second-order valence-corrected chi connectivity index (χ2v) is 9.45. The highest BCUT2D eigenvalue weighted by Gasteiger charge is 2.22. The lowest BCUT2D eigenvalue weighted by Crippen LogP contribution is -2.12. The lowest BCUT2D eigenvalue weighted by atomic mass is 10.0. The molecule has 0 unspecified atom stereocenters. The van der Waals surface area contributed by atoms with Crippen molar-refractivity contribution in [3.8, 4) is 5.88 Å². The summed E-state index contributed by atoms with van der Waals surface area (Å²) >= 11 is 6.28. The van der Waals surface area contributed by atoms with Crippen LogP contribution in [0.5, 0.6) is 5.88 Å². The van der Waals surface area contributed by atoms with Crippen LogP contribution in [0.1, 0.15) is 16.7 Å². The van der Waals surface area contributed by atoms with E-state index in [9.17, 15) is 12.8 Å². The van der Waals surface area contributed by atoms with Gasteiger partial charge in [0.1, 0.15) is 11.0 Å². The van der Waals surface area contributed by atoms with Gasteiger partial charge < -0.3 is 10.1 Å². The first-order valence-electron chi connectivity index (χ1n) is 9.81. The number of halogens is 2. The number of benzene rings is 2. The van der Waals surface area contributed by atoms with Gasteiger partial charge in [0.2, 0.25) is 5.88 Å². The van der Waals surface area contributed by atoms with Crippen molar-refractivity contribution in [2.45, 2.75) is 17.9 Å². The molecule has 0 saturated carbocycles. The van der Waals surface area contributed by atoms with Gasteiger partial charge in [-0.2, -0.15) is 0 Å². The Morgan fingerprint density at radius 3 is 2.62 bits per heavy atom. The second kappa shape index (κ2) is 8.90. The highest BCUT2D eigenvalue weighted by atomic mass is 35.5. The standard InChI is InChI=1S/C23H21ClFN3O3S/c1-26-13-17-14-28(32(29,30)19-5-3-4-18(25)12-19)21-11-15(6-8-20(17)21)10-16-7-9-22(31-2)27-23(16)24/h3-9,11-12,14,26H,10,13H2,1-2H3. The van der Waals surface area contributed by atoms with Gasteiger partial charge in [-0.3, -0.25) is 0 Å². The molecule has 0 aliphatic rings. The molecule has 1 N–H and O–H groups in total. The molecule has 0 bridgehead atoms. The Balaban J connectivity index is 1.83. The van der Waals surface area contributed by atoms with E-state index in [0.29, 0.717) is 29.5 Å². The molecule has 0 saturated heterocycles. The minimum Gasteiger partial charge on any atom is -0.481 e. The van der Waals surface area contributed by atoms with Crippen molar-refractivity contribution in [2.75, 3.05) is 14.2 Å². The molecule has 0 radical (unpaired) electrons. The normalized spacial score (nSPS) is 11.8. The fraction of sp³-hybridized carbons (Fsp3) is 0.174. The van der Waals surface area contributed by atoms with E-state index in [-0.39, 0.29) is 4.90 Å². The summed E-state index contributed by atoms with van der Waals surface area (Å²) in [6.07, 6.45) is 2.03. The summed E-state index contributed by atoms with van der Waals surface area (Å²) in [5, 5.41) is 4.17. The minimum absolute atomic E-state index is 0.113. The highest BCUT2D eigenvalue weighted by molar-refractivity contribution is 7.90. The van der Waals surface area contributed by atoms with Gasteiger partial charge in [0.05, 0.1) is 17.5 Å². The van der Waals surface area contributed by atoms with Crippen molar-refractivity contribution in [1.29, 1.82) is 0 Å². The summed E-state index contributed by atoms with van der Waals surface area (Å²) < 4.78 is 46.7. The average Bonchev–Trinajstić information content (AvgIpc) is 3.14. The predicted molar refractivity (Wildman–Crippen MR) is 122 cm³/mol. The molecular weight excluding hydrogens is 453 g/mol. The average molecular weight is 474 g/mol. The predicted octanol–water partition coefficient (Wildman–Crippen LogP) is 4.38. The third-order valence-electron chi connectivity index (χ3n) is 5.14. The summed E-state index contributed by atoms with van der Waals surface area (Å²) in [7, 11) is -0.693. The Kier molecular flexibility index (Phi) is 6.19. The van der Waals surface area contributed by atoms with Gasteiger partial charge in [-0.15, -0.1) is 0 Å². The zero-order chi connectivity index (χ0) is 22.9. The Labute approximate surface area is 190 Å². The van der Waals surface area contributed by atoms with Crippen LogP contribution in [-0.4, -0.2) is 31.5 Å². The van der Waals surface area contributed by atoms with Crippen LogP contribution in [0.25, 0.3) is 10.9 Å². The molecule has 2 aromatic heterocycles. The third-order valence-corrected chi connectivity index (χ3v) is 7.14. The zero-order valence-electron chi connectivity index (χ0n) is 17.5. The number of ether oxygens (including phenoxy) is 1. The molecule has 32 heavy (non-hydrogen) atoms. The summed E-state index contributed by atoms with van der Waals surface area (Å²) in [5.74, 6) is -0.193. The molecule has 4 rings (SSSR count). The SMILES string of the molecule is CNCc1cn(S(=O)(=O)c2cccc(F)c2)c2cc(Cc3ccc(OC)nc3Cl)ccc12. The van der Waals surface area contributed by atoms with Crippen LogP contribution in [-0.2, 0) is 23.0 Å². The Hall–Kier alpha value is -2.94. The molecule has 0 spiro atoms. The number of pyridine rings is 1. The van der Waals surface area contributed by atoms with E-state index in [1.54, 1.807) is 19.3 Å². The topological polar surface area (TPSA) is 73.2 Å². The summed E-state index contributed by atoms with van der Waals surface area (Å²) in [5.41, 5.74) is 2.97. The largest absolute Gasteiger partial charge is 0.481 e. The van der Waals surface area contributed by atoms with Crippen LogP contribution in [0.15, 0.2) is 65.7 Å². The van der Waals surface area contributed by atoms with E-state index in [1.165, 1.54) is 29.3 Å². The monoisotopic (exact) mass is 473 g/mol. The first kappa shape index (κ1) is 22.3. The number of nitrogens with one attached hydrogen (secondary N) is 1. The summed E-state index contributed by atoms with van der Waals surface area (Å²) in [6, 6.07) is 14.2. The number of fused-ring (bicyclic) bond motifs is 1. The van der Waals surface area contributed by atoms with E-state index >= 15 is 0 Å². The number of nitrogens with zero attached hydrogens (tertiary/aromatic N) is 2. The van der Waals surface area contributed by atoms with Gasteiger partial charge in [-0.05, 0) is 48.0 Å². The van der Waals surface area contributed by atoms with E-state index in [1.807, 2.05) is 24.3 Å².